The summed E-state index contributed by atoms with van der Waals surface area (Å²) in [6.07, 6.45) is 3.41. The van der Waals surface area contributed by atoms with E-state index in [1.807, 2.05) is 0 Å². The van der Waals surface area contributed by atoms with Crippen molar-refractivity contribution in [3.8, 4) is 0 Å². The van der Waals surface area contributed by atoms with Gasteiger partial charge in [0.15, 0.2) is 0 Å². The quantitative estimate of drug-likeness (QED) is 0.545. The normalized spacial score (nSPS) is 18.5. The fraction of sp³-hybridized carbons (Fsp3) is 0.833. The number of carbonyl (C=O) groups is 2. The van der Waals surface area contributed by atoms with Crippen molar-refractivity contribution in [2.24, 2.45) is 11.8 Å². The molecule has 1 rings (SSSR count). The third-order valence-electron chi connectivity index (χ3n) is 3.22. The van der Waals surface area contributed by atoms with Gasteiger partial charge in [-0.15, -0.1) is 0 Å². The van der Waals surface area contributed by atoms with Crippen LogP contribution in [0.1, 0.15) is 33.1 Å². The van der Waals surface area contributed by atoms with Crippen molar-refractivity contribution in [2.45, 2.75) is 39.2 Å². The largest absolute Gasteiger partial charge is 0.481 e. The molecule has 17 heavy (non-hydrogen) atoms. The second kappa shape index (κ2) is 6.59. The summed E-state index contributed by atoms with van der Waals surface area (Å²) >= 11 is 0. The molecule has 98 valence electrons. The summed E-state index contributed by atoms with van der Waals surface area (Å²) in [5.41, 5.74) is 0. The van der Waals surface area contributed by atoms with E-state index in [1.165, 1.54) is 12.8 Å². The first-order chi connectivity index (χ1) is 8.02. The molecule has 0 aromatic carbocycles. The molecule has 0 aromatic heterocycles. The highest BCUT2D eigenvalue weighted by Crippen LogP contribution is 2.18. The zero-order valence-electron chi connectivity index (χ0n) is 10.5. The molecule has 1 saturated carbocycles. The lowest BCUT2D eigenvalue weighted by molar-refractivity contribution is -0.146. The molecule has 2 atom stereocenters. The van der Waals surface area contributed by atoms with Gasteiger partial charge in [-0.05, 0) is 25.8 Å². The van der Waals surface area contributed by atoms with E-state index < -0.39 is 17.8 Å². The number of carboxylic acids is 1. The maximum atomic E-state index is 11.6. The predicted molar refractivity (Wildman–Crippen MR) is 64.6 cm³/mol. The molecule has 0 bridgehead atoms. The van der Waals surface area contributed by atoms with Crippen LogP contribution in [-0.2, 0) is 9.59 Å². The Bertz CT molecular complexity index is 277. The van der Waals surface area contributed by atoms with Crippen LogP contribution in [0.2, 0.25) is 0 Å². The molecule has 5 heteroatoms. The van der Waals surface area contributed by atoms with Gasteiger partial charge in [-0.2, -0.15) is 0 Å². The first-order valence-corrected chi connectivity index (χ1v) is 6.26. The summed E-state index contributed by atoms with van der Waals surface area (Å²) in [7, 11) is 0. The van der Waals surface area contributed by atoms with Gasteiger partial charge in [0.2, 0.25) is 5.91 Å². The second-order valence-electron chi connectivity index (χ2n) is 4.79. The molecule has 0 heterocycles. The van der Waals surface area contributed by atoms with Gasteiger partial charge >= 0.3 is 5.97 Å². The highest BCUT2D eigenvalue weighted by molar-refractivity contribution is 5.84. The molecule has 3 N–H and O–H groups in total. The van der Waals surface area contributed by atoms with Crippen molar-refractivity contribution in [3.05, 3.63) is 0 Å². The fourth-order valence-corrected chi connectivity index (χ4v) is 1.50. The van der Waals surface area contributed by atoms with Gasteiger partial charge in [-0.1, -0.05) is 13.8 Å². The minimum atomic E-state index is -0.928. The summed E-state index contributed by atoms with van der Waals surface area (Å²) < 4.78 is 0. The number of aliphatic carboxylic acids is 1. The van der Waals surface area contributed by atoms with Crippen LogP contribution in [-0.4, -0.2) is 36.1 Å². The van der Waals surface area contributed by atoms with E-state index in [2.05, 4.69) is 10.6 Å². The molecule has 1 amide bonds. The lowest BCUT2D eigenvalue weighted by Crippen LogP contribution is -2.36. The molecule has 0 radical (unpaired) electrons. The van der Waals surface area contributed by atoms with Crippen LogP contribution in [0.5, 0.6) is 0 Å². The first kappa shape index (κ1) is 14.0. The molecule has 1 aliphatic carbocycles. The molecule has 1 fully saturated rings. The number of nitrogens with one attached hydrogen (secondary N) is 2. The van der Waals surface area contributed by atoms with Crippen molar-refractivity contribution in [1.82, 2.24) is 10.6 Å². The Morgan fingerprint density at radius 1 is 1.24 bits per heavy atom. The van der Waals surface area contributed by atoms with Crippen LogP contribution < -0.4 is 10.6 Å². The van der Waals surface area contributed by atoms with Crippen LogP contribution in [0.25, 0.3) is 0 Å². The second-order valence-corrected chi connectivity index (χ2v) is 4.79. The van der Waals surface area contributed by atoms with Gasteiger partial charge in [-0.3, -0.25) is 9.59 Å². The Morgan fingerprint density at radius 2 is 1.88 bits per heavy atom. The molecule has 0 aliphatic heterocycles. The summed E-state index contributed by atoms with van der Waals surface area (Å²) in [6, 6.07) is 0.691. The third-order valence-corrected chi connectivity index (χ3v) is 3.22. The molecule has 2 unspecified atom stereocenters. The Morgan fingerprint density at radius 3 is 2.41 bits per heavy atom. The highest BCUT2D eigenvalue weighted by atomic mass is 16.4. The number of amides is 1. The summed E-state index contributed by atoms with van der Waals surface area (Å²) in [5, 5.41) is 14.9. The van der Waals surface area contributed by atoms with Crippen molar-refractivity contribution in [3.63, 3.8) is 0 Å². The average Bonchev–Trinajstić information content (AvgIpc) is 3.10. The minimum Gasteiger partial charge on any atom is -0.481 e. The summed E-state index contributed by atoms with van der Waals surface area (Å²) in [5.74, 6) is -2.22. The van der Waals surface area contributed by atoms with E-state index in [-0.39, 0.29) is 5.91 Å². The number of carboxylic acid groups (broad SMARTS) is 1. The number of hydrogen-bond donors (Lipinski definition) is 3. The Kier molecular flexibility index (Phi) is 5.41. The molecule has 5 nitrogen and oxygen atoms in total. The van der Waals surface area contributed by atoms with Crippen LogP contribution >= 0.6 is 0 Å². The Hall–Kier alpha value is -1.10. The SMILES string of the molecule is CC(C(=O)O)C(C)C(=O)NCCCNC1CC1. The average molecular weight is 242 g/mol. The summed E-state index contributed by atoms with van der Waals surface area (Å²) in [6.45, 7) is 4.72. The van der Waals surface area contributed by atoms with Crippen LogP contribution in [0.3, 0.4) is 0 Å². The zero-order chi connectivity index (χ0) is 12.8. The Labute approximate surface area is 102 Å². The van der Waals surface area contributed by atoms with Gasteiger partial charge in [0.1, 0.15) is 0 Å². The lowest BCUT2D eigenvalue weighted by atomic mass is 9.95. The first-order valence-electron chi connectivity index (χ1n) is 6.26. The van der Waals surface area contributed by atoms with E-state index in [1.54, 1.807) is 13.8 Å². The van der Waals surface area contributed by atoms with Crippen LogP contribution in [0.4, 0.5) is 0 Å². The maximum Gasteiger partial charge on any atom is 0.307 e. The van der Waals surface area contributed by atoms with Crippen molar-refractivity contribution >= 4 is 11.9 Å². The van der Waals surface area contributed by atoms with Crippen molar-refractivity contribution in [1.29, 1.82) is 0 Å². The lowest BCUT2D eigenvalue weighted by Gasteiger charge is -2.15. The molecule has 0 aromatic rings. The topological polar surface area (TPSA) is 78.4 Å². The molecule has 0 saturated heterocycles. The molecule has 1 aliphatic rings. The van der Waals surface area contributed by atoms with Gasteiger partial charge in [0, 0.05) is 18.5 Å². The monoisotopic (exact) mass is 242 g/mol. The van der Waals surface area contributed by atoms with Crippen molar-refractivity contribution in [2.75, 3.05) is 13.1 Å². The predicted octanol–water partition coefficient (Wildman–Crippen LogP) is 0.602. The third kappa shape index (κ3) is 5.17. The molecule has 0 spiro atoms. The van der Waals surface area contributed by atoms with E-state index in [0.29, 0.717) is 12.6 Å². The van der Waals surface area contributed by atoms with E-state index >= 15 is 0 Å². The number of rotatable bonds is 8. The van der Waals surface area contributed by atoms with Crippen molar-refractivity contribution < 1.29 is 14.7 Å². The van der Waals surface area contributed by atoms with E-state index in [4.69, 9.17) is 5.11 Å². The minimum absolute atomic E-state index is 0.175. The van der Waals surface area contributed by atoms with E-state index in [0.717, 1.165) is 13.0 Å². The zero-order valence-corrected chi connectivity index (χ0v) is 10.5. The van der Waals surface area contributed by atoms with Crippen LogP contribution in [0.15, 0.2) is 0 Å². The van der Waals surface area contributed by atoms with E-state index in [9.17, 15) is 9.59 Å². The maximum absolute atomic E-state index is 11.6. The van der Waals surface area contributed by atoms with Crippen LogP contribution in [0, 0.1) is 11.8 Å². The molecular formula is C12H22N2O3. The summed E-state index contributed by atoms with van der Waals surface area (Å²) in [4.78, 5) is 22.3. The number of carbonyl (C=O) groups excluding carboxylic acids is 1. The smallest absolute Gasteiger partial charge is 0.307 e. The molecular weight excluding hydrogens is 220 g/mol. The standard InChI is InChI=1S/C12H22N2O3/c1-8(9(2)12(16)17)11(15)14-7-3-6-13-10-4-5-10/h8-10,13H,3-7H2,1-2H3,(H,14,15)(H,16,17). The fourth-order valence-electron chi connectivity index (χ4n) is 1.50. The van der Waals surface area contributed by atoms with Gasteiger partial charge < -0.3 is 15.7 Å². The van der Waals surface area contributed by atoms with Gasteiger partial charge in [0.05, 0.1) is 5.92 Å². The Balaban J connectivity index is 2.08. The number of hydrogen-bond acceptors (Lipinski definition) is 3. The van der Waals surface area contributed by atoms with Gasteiger partial charge in [-0.25, -0.2) is 0 Å². The highest BCUT2D eigenvalue weighted by Gasteiger charge is 2.25. The van der Waals surface area contributed by atoms with Gasteiger partial charge in [0.25, 0.3) is 0 Å².